The maximum Gasteiger partial charge on any atom is 0.253 e. The van der Waals surface area contributed by atoms with Crippen LogP contribution in [0.25, 0.3) is 11.3 Å². The largest absolute Gasteiger partial charge is 0.464 e. The monoisotopic (exact) mass is 408 g/mol. The normalized spacial score (nSPS) is 16.4. The number of furan rings is 1. The fraction of sp³-hybridized carbons (Fsp3) is 0.217. The molecule has 1 aliphatic rings. The van der Waals surface area contributed by atoms with Crippen LogP contribution in [-0.4, -0.2) is 29.8 Å². The summed E-state index contributed by atoms with van der Waals surface area (Å²) in [5.74, 6) is 0.265. The van der Waals surface area contributed by atoms with E-state index in [1.807, 2.05) is 42.5 Å². The highest BCUT2D eigenvalue weighted by Gasteiger charge is 2.29. The predicted molar refractivity (Wildman–Crippen MR) is 113 cm³/mol. The van der Waals surface area contributed by atoms with Gasteiger partial charge in [-0.2, -0.15) is 0 Å². The second kappa shape index (κ2) is 8.53. The number of carbonyl (C=O) groups excluding carboxylic acids is 2. The van der Waals surface area contributed by atoms with Gasteiger partial charge in [0.15, 0.2) is 0 Å². The summed E-state index contributed by atoms with van der Waals surface area (Å²) in [6.45, 7) is 1.03. The van der Waals surface area contributed by atoms with Gasteiger partial charge < -0.3 is 14.6 Å². The SMILES string of the molecule is O=C(Nc1ccccc1Cl)C1CCCN(C(=O)c2cccc(-c3ccco3)c2)C1. The lowest BCUT2D eigenvalue weighted by atomic mass is 9.96. The van der Waals surface area contributed by atoms with E-state index < -0.39 is 0 Å². The van der Waals surface area contributed by atoms with Crippen molar-refractivity contribution in [1.29, 1.82) is 0 Å². The van der Waals surface area contributed by atoms with Gasteiger partial charge in [0, 0.05) is 24.2 Å². The van der Waals surface area contributed by atoms with E-state index in [4.69, 9.17) is 16.0 Å². The molecule has 2 heterocycles. The molecule has 1 saturated heterocycles. The van der Waals surface area contributed by atoms with E-state index in [-0.39, 0.29) is 17.7 Å². The molecule has 1 unspecified atom stereocenters. The third-order valence-corrected chi connectivity index (χ3v) is 5.46. The van der Waals surface area contributed by atoms with Crippen LogP contribution in [0.3, 0.4) is 0 Å². The molecule has 0 spiro atoms. The van der Waals surface area contributed by atoms with Crippen molar-refractivity contribution in [3.8, 4) is 11.3 Å². The molecule has 0 aliphatic carbocycles. The van der Waals surface area contributed by atoms with E-state index in [1.165, 1.54) is 0 Å². The summed E-state index contributed by atoms with van der Waals surface area (Å²) in [6.07, 6.45) is 3.13. The van der Waals surface area contributed by atoms with Crippen LogP contribution in [-0.2, 0) is 4.79 Å². The van der Waals surface area contributed by atoms with Gasteiger partial charge in [-0.25, -0.2) is 0 Å². The molecule has 0 bridgehead atoms. The van der Waals surface area contributed by atoms with Crippen LogP contribution >= 0.6 is 11.6 Å². The fourth-order valence-corrected chi connectivity index (χ4v) is 3.79. The average molecular weight is 409 g/mol. The van der Waals surface area contributed by atoms with Gasteiger partial charge in [0.2, 0.25) is 5.91 Å². The first-order chi connectivity index (χ1) is 14.1. The first kappa shape index (κ1) is 19.3. The van der Waals surface area contributed by atoms with Gasteiger partial charge in [0.25, 0.3) is 5.91 Å². The summed E-state index contributed by atoms with van der Waals surface area (Å²) in [5.41, 5.74) is 2.03. The van der Waals surface area contributed by atoms with Crippen molar-refractivity contribution in [2.75, 3.05) is 18.4 Å². The first-order valence-electron chi connectivity index (χ1n) is 9.60. The molecule has 1 atom stereocenters. The van der Waals surface area contributed by atoms with Crippen LogP contribution in [0, 0.1) is 5.92 Å². The number of carbonyl (C=O) groups is 2. The minimum Gasteiger partial charge on any atom is -0.464 e. The van der Waals surface area contributed by atoms with Crippen LogP contribution in [0.5, 0.6) is 0 Å². The lowest BCUT2D eigenvalue weighted by Gasteiger charge is -2.32. The Balaban J connectivity index is 1.45. The van der Waals surface area contributed by atoms with Crippen LogP contribution in [0.4, 0.5) is 5.69 Å². The van der Waals surface area contributed by atoms with Crippen molar-refractivity contribution in [2.45, 2.75) is 12.8 Å². The molecule has 3 aromatic rings. The summed E-state index contributed by atoms with van der Waals surface area (Å²) >= 11 is 6.14. The zero-order valence-corrected chi connectivity index (χ0v) is 16.6. The third-order valence-electron chi connectivity index (χ3n) is 5.13. The highest BCUT2D eigenvalue weighted by atomic mass is 35.5. The van der Waals surface area contributed by atoms with E-state index in [9.17, 15) is 9.59 Å². The third kappa shape index (κ3) is 4.35. The summed E-state index contributed by atoms with van der Waals surface area (Å²) in [5, 5.41) is 3.38. The Labute approximate surface area is 174 Å². The number of rotatable bonds is 4. The Morgan fingerprint density at radius 1 is 1.07 bits per heavy atom. The Morgan fingerprint density at radius 3 is 2.72 bits per heavy atom. The molecule has 148 valence electrons. The number of anilines is 1. The molecule has 1 N–H and O–H groups in total. The van der Waals surface area contributed by atoms with Crippen molar-refractivity contribution >= 4 is 29.1 Å². The number of likely N-dealkylation sites (tertiary alicyclic amines) is 1. The van der Waals surface area contributed by atoms with Crippen molar-refractivity contribution in [2.24, 2.45) is 5.92 Å². The minimum absolute atomic E-state index is 0.0753. The smallest absolute Gasteiger partial charge is 0.253 e. The topological polar surface area (TPSA) is 62.6 Å². The lowest BCUT2D eigenvalue weighted by molar-refractivity contribution is -0.121. The number of para-hydroxylation sites is 1. The molecular formula is C23H21ClN2O3. The van der Waals surface area contributed by atoms with Gasteiger partial charge in [-0.3, -0.25) is 9.59 Å². The summed E-state index contributed by atoms with van der Waals surface area (Å²) < 4.78 is 5.43. The number of nitrogens with zero attached hydrogens (tertiary/aromatic N) is 1. The molecule has 5 nitrogen and oxygen atoms in total. The number of halogens is 1. The number of hydrogen-bond donors (Lipinski definition) is 1. The maximum absolute atomic E-state index is 13.0. The standard InChI is InChI=1S/C23H21ClN2O3/c24-19-9-1-2-10-20(19)25-22(27)18-8-4-12-26(15-18)23(28)17-7-3-6-16(14-17)21-11-5-13-29-21/h1-3,5-7,9-11,13-14,18H,4,8,12,15H2,(H,25,27). The summed E-state index contributed by atoms with van der Waals surface area (Å²) in [4.78, 5) is 27.5. The minimum atomic E-state index is -0.266. The number of nitrogens with one attached hydrogen (secondary N) is 1. The Morgan fingerprint density at radius 2 is 1.93 bits per heavy atom. The lowest BCUT2D eigenvalue weighted by Crippen LogP contribution is -2.43. The van der Waals surface area contributed by atoms with Gasteiger partial charge in [-0.15, -0.1) is 0 Å². The van der Waals surface area contributed by atoms with E-state index >= 15 is 0 Å². The van der Waals surface area contributed by atoms with Crippen molar-refractivity contribution in [3.63, 3.8) is 0 Å². The number of piperidine rings is 1. The number of hydrogen-bond acceptors (Lipinski definition) is 3. The zero-order chi connectivity index (χ0) is 20.2. The second-order valence-electron chi connectivity index (χ2n) is 7.12. The number of benzene rings is 2. The fourth-order valence-electron chi connectivity index (χ4n) is 3.60. The molecule has 0 saturated carbocycles. The molecular weight excluding hydrogens is 388 g/mol. The Hall–Kier alpha value is -3.05. The van der Waals surface area contributed by atoms with Crippen molar-refractivity contribution in [3.05, 3.63) is 77.5 Å². The Bertz CT molecular complexity index is 1020. The van der Waals surface area contributed by atoms with Gasteiger partial charge in [-0.05, 0) is 49.2 Å². The maximum atomic E-state index is 13.0. The molecule has 2 aromatic carbocycles. The second-order valence-corrected chi connectivity index (χ2v) is 7.52. The van der Waals surface area contributed by atoms with Crippen molar-refractivity contribution < 1.29 is 14.0 Å². The van der Waals surface area contributed by atoms with E-state index in [0.29, 0.717) is 29.4 Å². The molecule has 1 aromatic heterocycles. The van der Waals surface area contributed by atoms with E-state index in [1.54, 1.807) is 29.4 Å². The quantitative estimate of drug-likeness (QED) is 0.653. The van der Waals surface area contributed by atoms with Crippen LogP contribution in [0.2, 0.25) is 5.02 Å². The zero-order valence-electron chi connectivity index (χ0n) is 15.8. The Kier molecular flexibility index (Phi) is 5.67. The molecule has 4 rings (SSSR count). The number of amides is 2. The molecule has 1 fully saturated rings. The molecule has 0 radical (unpaired) electrons. The molecule has 29 heavy (non-hydrogen) atoms. The molecule has 1 aliphatic heterocycles. The summed E-state index contributed by atoms with van der Waals surface area (Å²) in [7, 11) is 0. The summed E-state index contributed by atoms with van der Waals surface area (Å²) in [6, 6.07) is 18.2. The van der Waals surface area contributed by atoms with E-state index in [0.717, 1.165) is 24.2 Å². The van der Waals surface area contributed by atoms with Gasteiger partial charge in [-0.1, -0.05) is 35.9 Å². The highest BCUT2D eigenvalue weighted by molar-refractivity contribution is 6.33. The highest BCUT2D eigenvalue weighted by Crippen LogP contribution is 2.26. The van der Waals surface area contributed by atoms with Crippen LogP contribution in [0.15, 0.2) is 71.3 Å². The van der Waals surface area contributed by atoms with Gasteiger partial charge in [0.05, 0.1) is 22.9 Å². The molecule has 6 heteroatoms. The van der Waals surface area contributed by atoms with E-state index in [2.05, 4.69) is 5.32 Å². The first-order valence-corrected chi connectivity index (χ1v) is 9.98. The average Bonchev–Trinajstić information content (AvgIpc) is 3.30. The van der Waals surface area contributed by atoms with Crippen LogP contribution in [0.1, 0.15) is 23.2 Å². The van der Waals surface area contributed by atoms with Gasteiger partial charge >= 0.3 is 0 Å². The predicted octanol–water partition coefficient (Wildman–Crippen LogP) is 5.09. The molecule has 2 amide bonds. The van der Waals surface area contributed by atoms with Crippen molar-refractivity contribution in [1.82, 2.24) is 4.90 Å². The van der Waals surface area contributed by atoms with Gasteiger partial charge in [0.1, 0.15) is 5.76 Å². The van der Waals surface area contributed by atoms with Crippen LogP contribution < -0.4 is 5.32 Å².